The van der Waals surface area contributed by atoms with E-state index >= 15 is 0 Å². The standard InChI is InChI=1S/C10H17N5O2S/c1-7-13-14-9(18-7)4-5-11-8(16)6-12-10(17)15(2)3/h4-6H2,1-3H3,(H,11,16)(H,12,17). The van der Waals surface area contributed by atoms with Gasteiger partial charge < -0.3 is 15.5 Å². The van der Waals surface area contributed by atoms with E-state index in [4.69, 9.17) is 0 Å². The molecule has 18 heavy (non-hydrogen) atoms. The highest BCUT2D eigenvalue weighted by Crippen LogP contribution is 2.07. The number of hydrogen-bond donors (Lipinski definition) is 2. The van der Waals surface area contributed by atoms with E-state index < -0.39 is 0 Å². The molecule has 1 aromatic heterocycles. The molecule has 1 heterocycles. The van der Waals surface area contributed by atoms with Gasteiger partial charge in [-0.05, 0) is 6.92 Å². The zero-order chi connectivity index (χ0) is 13.5. The first kappa shape index (κ1) is 14.4. The molecule has 0 unspecified atom stereocenters. The fraction of sp³-hybridized carbons (Fsp3) is 0.600. The molecule has 2 N–H and O–H groups in total. The van der Waals surface area contributed by atoms with Crippen molar-refractivity contribution in [1.82, 2.24) is 25.7 Å². The van der Waals surface area contributed by atoms with E-state index in [1.807, 2.05) is 6.92 Å². The minimum absolute atomic E-state index is 0.0217. The molecule has 0 spiro atoms. The van der Waals surface area contributed by atoms with Gasteiger partial charge in [-0.3, -0.25) is 4.79 Å². The zero-order valence-electron chi connectivity index (χ0n) is 10.7. The highest BCUT2D eigenvalue weighted by Gasteiger charge is 2.06. The summed E-state index contributed by atoms with van der Waals surface area (Å²) in [5.74, 6) is -0.216. The quantitative estimate of drug-likeness (QED) is 0.775. The van der Waals surface area contributed by atoms with Crippen molar-refractivity contribution in [3.8, 4) is 0 Å². The van der Waals surface area contributed by atoms with Crippen molar-refractivity contribution in [2.45, 2.75) is 13.3 Å². The van der Waals surface area contributed by atoms with Gasteiger partial charge in [0.1, 0.15) is 10.0 Å². The molecule has 0 saturated carbocycles. The molecule has 100 valence electrons. The first-order valence-corrected chi connectivity index (χ1v) is 6.31. The maximum Gasteiger partial charge on any atom is 0.317 e. The number of nitrogens with one attached hydrogen (secondary N) is 2. The summed E-state index contributed by atoms with van der Waals surface area (Å²) in [7, 11) is 3.23. The Morgan fingerprint density at radius 3 is 2.56 bits per heavy atom. The van der Waals surface area contributed by atoms with Crippen molar-refractivity contribution < 1.29 is 9.59 Å². The first-order chi connectivity index (χ1) is 8.49. The van der Waals surface area contributed by atoms with Crippen molar-refractivity contribution in [1.29, 1.82) is 0 Å². The average Bonchev–Trinajstić information content (AvgIpc) is 2.71. The number of rotatable bonds is 5. The smallest absolute Gasteiger partial charge is 0.317 e. The van der Waals surface area contributed by atoms with Gasteiger partial charge in [-0.25, -0.2) is 4.79 Å². The molecular formula is C10H17N5O2S. The van der Waals surface area contributed by atoms with Crippen LogP contribution < -0.4 is 10.6 Å². The lowest BCUT2D eigenvalue weighted by Crippen LogP contribution is -2.41. The Morgan fingerprint density at radius 2 is 2.00 bits per heavy atom. The molecule has 0 aliphatic heterocycles. The summed E-state index contributed by atoms with van der Waals surface area (Å²) >= 11 is 1.51. The largest absolute Gasteiger partial charge is 0.354 e. The van der Waals surface area contributed by atoms with Crippen molar-refractivity contribution in [3.05, 3.63) is 10.0 Å². The lowest BCUT2D eigenvalue weighted by atomic mass is 10.4. The van der Waals surface area contributed by atoms with E-state index in [9.17, 15) is 9.59 Å². The van der Waals surface area contributed by atoms with Crippen LogP contribution >= 0.6 is 11.3 Å². The van der Waals surface area contributed by atoms with E-state index in [2.05, 4.69) is 20.8 Å². The van der Waals surface area contributed by atoms with Crippen LogP contribution in [0.25, 0.3) is 0 Å². The van der Waals surface area contributed by atoms with Gasteiger partial charge in [0.25, 0.3) is 0 Å². The summed E-state index contributed by atoms with van der Waals surface area (Å²) < 4.78 is 0. The number of urea groups is 1. The van der Waals surface area contributed by atoms with Gasteiger partial charge in [0.2, 0.25) is 5.91 Å². The van der Waals surface area contributed by atoms with Crippen LogP contribution in [0.3, 0.4) is 0 Å². The lowest BCUT2D eigenvalue weighted by molar-refractivity contribution is -0.120. The summed E-state index contributed by atoms with van der Waals surface area (Å²) in [5.41, 5.74) is 0. The Kier molecular flexibility index (Phi) is 5.50. The minimum atomic E-state index is -0.287. The third-order valence-corrected chi connectivity index (χ3v) is 2.93. The summed E-state index contributed by atoms with van der Waals surface area (Å²) in [6.45, 7) is 2.36. The third kappa shape index (κ3) is 5.09. The van der Waals surface area contributed by atoms with Gasteiger partial charge >= 0.3 is 6.03 Å². The first-order valence-electron chi connectivity index (χ1n) is 5.50. The molecular weight excluding hydrogens is 254 g/mol. The van der Waals surface area contributed by atoms with E-state index in [0.29, 0.717) is 13.0 Å². The van der Waals surface area contributed by atoms with Gasteiger partial charge in [-0.2, -0.15) is 0 Å². The number of aromatic nitrogens is 2. The zero-order valence-corrected chi connectivity index (χ0v) is 11.5. The summed E-state index contributed by atoms with van der Waals surface area (Å²) in [6.07, 6.45) is 0.652. The normalized spacial score (nSPS) is 9.94. The van der Waals surface area contributed by atoms with Crippen LogP contribution in [0.1, 0.15) is 10.0 Å². The Morgan fingerprint density at radius 1 is 1.28 bits per heavy atom. The SMILES string of the molecule is Cc1nnc(CCNC(=O)CNC(=O)N(C)C)s1. The highest BCUT2D eigenvalue weighted by atomic mass is 32.1. The minimum Gasteiger partial charge on any atom is -0.354 e. The predicted octanol–water partition coefficient (Wildman–Crippen LogP) is -0.224. The number of carbonyl (C=O) groups is 2. The van der Waals surface area contributed by atoms with E-state index in [0.717, 1.165) is 10.0 Å². The van der Waals surface area contributed by atoms with Crippen LogP contribution in [0.5, 0.6) is 0 Å². The number of aryl methyl sites for hydroxylation is 1. The third-order valence-electron chi connectivity index (χ3n) is 2.04. The van der Waals surface area contributed by atoms with E-state index in [1.165, 1.54) is 16.2 Å². The summed E-state index contributed by atoms with van der Waals surface area (Å²) in [4.78, 5) is 23.9. The number of hydrogen-bond acceptors (Lipinski definition) is 5. The van der Waals surface area contributed by atoms with Crippen LogP contribution in [-0.4, -0.2) is 54.2 Å². The lowest BCUT2D eigenvalue weighted by Gasteiger charge is -2.11. The molecule has 0 aliphatic carbocycles. The molecule has 3 amide bonds. The van der Waals surface area contributed by atoms with Gasteiger partial charge in [-0.15, -0.1) is 21.5 Å². The van der Waals surface area contributed by atoms with Gasteiger partial charge in [-0.1, -0.05) is 0 Å². The maximum atomic E-state index is 11.4. The topological polar surface area (TPSA) is 87.2 Å². The van der Waals surface area contributed by atoms with Crippen LogP contribution in [-0.2, 0) is 11.2 Å². The number of amides is 3. The van der Waals surface area contributed by atoms with Crippen molar-refractivity contribution >= 4 is 23.3 Å². The second-order valence-electron chi connectivity index (χ2n) is 3.87. The molecule has 8 heteroatoms. The molecule has 0 saturated heterocycles. The molecule has 0 fully saturated rings. The summed E-state index contributed by atoms with van der Waals surface area (Å²) in [5, 5.41) is 14.8. The van der Waals surface area contributed by atoms with Gasteiger partial charge in [0.15, 0.2) is 0 Å². The fourth-order valence-electron chi connectivity index (χ4n) is 1.12. The number of nitrogens with zero attached hydrogens (tertiary/aromatic N) is 3. The van der Waals surface area contributed by atoms with Crippen LogP contribution in [0, 0.1) is 6.92 Å². The van der Waals surface area contributed by atoms with Crippen LogP contribution in [0.15, 0.2) is 0 Å². The van der Waals surface area contributed by atoms with Crippen molar-refractivity contribution in [2.24, 2.45) is 0 Å². The summed E-state index contributed by atoms with van der Waals surface area (Å²) in [6, 6.07) is -0.287. The second-order valence-corrected chi connectivity index (χ2v) is 5.13. The van der Waals surface area contributed by atoms with Crippen LogP contribution in [0.4, 0.5) is 4.79 Å². The Balaban J connectivity index is 2.16. The molecule has 1 aromatic rings. The van der Waals surface area contributed by atoms with E-state index in [-0.39, 0.29) is 18.5 Å². The van der Waals surface area contributed by atoms with Gasteiger partial charge in [0, 0.05) is 27.1 Å². The Bertz CT molecular complexity index is 418. The fourth-order valence-corrected chi connectivity index (χ4v) is 1.83. The number of carbonyl (C=O) groups excluding carboxylic acids is 2. The molecule has 0 bridgehead atoms. The molecule has 1 rings (SSSR count). The van der Waals surface area contributed by atoms with Gasteiger partial charge in [0.05, 0.1) is 6.54 Å². The monoisotopic (exact) mass is 271 g/mol. The highest BCUT2D eigenvalue weighted by molar-refractivity contribution is 7.11. The van der Waals surface area contributed by atoms with E-state index in [1.54, 1.807) is 14.1 Å². The molecule has 0 atom stereocenters. The van der Waals surface area contributed by atoms with Crippen molar-refractivity contribution in [3.63, 3.8) is 0 Å². The second kappa shape index (κ2) is 6.90. The molecule has 0 aliphatic rings. The van der Waals surface area contributed by atoms with Crippen LogP contribution in [0.2, 0.25) is 0 Å². The Labute approximate surface area is 110 Å². The predicted molar refractivity (Wildman–Crippen MR) is 68.4 cm³/mol. The van der Waals surface area contributed by atoms with Crippen molar-refractivity contribution in [2.75, 3.05) is 27.2 Å². The molecule has 7 nitrogen and oxygen atoms in total. The molecule has 0 aromatic carbocycles. The maximum absolute atomic E-state index is 11.4. The molecule has 0 radical (unpaired) electrons. The Hall–Kier alpha value is -1.70. The average molecular weight is 271 g/mol.